The highest BCUT2D eigenvalue weighted by atomic mass is 16.7. The highest BCUT2D eigenvalue weighted by molar-refractivity contribution is 5.76. The number of hydrogen-bond acceptors (Lipinski definition) is 4. The average Bonchev–Trinajstić information content (AvgIpc) is 2.42. The maximum Gasteiger partial charge on any atom is 0.281 e. The lowest BCUT2D eigenvalue weighted by Gasteiger charge is -2.09. The van der Waals surface area contributed by atoms with Crippen molar-refractivity contribution in [1.29, 1.82) is 0 Å². The zero-order chi connectivity index (χ0) is 14.1. The van der Waals surface area contributed by atoms with E-state index in [0.29, 0.717) is 24.9 Å². The summed E-state index contributed by atoms with van der Waals surface area (Å²) in [4.78, 5) is 16.2. The molecular weight excluding hydrogens is 246 g/mol. The van der Waals surface area contributed by atoms with Gasteiger partial charge in [0.05, 0.1) is 13.2 Å². The van der Waals surface area contributed by atoms with Crippen molar-refractivity contribution in [2.75, 3.05) is 26.9 Å². The average molecular weight is 267 g/mol. The molecule has 0 saturated heterocycles. The lowest BCUT2D eigenvalue weighted by molar-refractivity contribution is -0.136. The van der Waals surface area contributed by atoms with Crippen LogP contribution in [0.2, 0.25) is 0 Å². The Kier molecular flexibility index (Phi) is 6.92. The summed E-state index contributed by atoms with van der Waals surface area (Å²) in [5.41, 5.74) is 3.51. The molecule has 19 heavy (non-hydrogen) atoms. The summed E-state index contributed by atoms with van der Waals surface area (Å²) in [6.45, 7) is 4.92. The Hall–Kier alpha value is -1.59. The lowest BCUT2D eigenvalue weighted by Crippen LogP contribution is -2.30. The maximum absolute atomic E-state index is 11.4. The number of benzene rings is 1. The quantitative estimate of drug-likeness (QED) is 0.577. The van der Waals surface area contributed by atoms with Crippen molar-refractivity contribution in [3.8, 4) is 5.75 Å². The maximum atomic E-state index is 11.4. The minimum atomic E-state index is -0.330. The Labute approximate surface area is 113 Å². The third-order valence-corrected chi connectivity index (χ3v) is 2.49. The molecule has 106 valence electrons. The van der Waals surface area contributed by atoms with E-state index in [0.717, 1.165) is 0 Å². The van der Waals surface area contributed by atoms with Crippen LogP contribution in [0.15, 0.2) is 24.3 Å². The molecule has 1 N–H and O–H groups in total. The Morgan fingerprint density at radius 2 is 1.89 bits per heavy atom. The van der Waals surface area contributed by atoms with Gasteiger partial charge < -0.3 is 9.47 Å². The molecule has 0 fully saturated rings. The van der Waals surface area contributed by atoms with Crippen LogP contribution >= 0.6 is 0 Å². The molecule has 0 spiro atoms. The van der Waals surface area contributed by atoms with Crippen LogP contribution in [0, 0.1) is 0 Å². The van der Waals surface area contributed by atoms with Crippen LogP contribution in [-0.2, 0) is 14.4 Å². The van der Waals surface area contributed by atoms with Gasteiger partial charge in [-0.3, -0.25) is 9.63 Å². The summed E-state index contributed by atoms with van der Waals surface area (Å²) in [5, 5.41) is 0. The third kappa shape index (κ3) is 6.22. The predicted octanol–water partition coefficient (Wildman–Crippen LogP) is 1.88. The molecule has 0 aliphatic rings. The number of hydroxylamine groups is 1. The summed E-state index contributed by atoms with van der Waals surface area (Å²) in [7, 11) is 1.56. The molecule has 0 aromatic heterocycles. The zero-order valence-corrected chi connectivity index (χ0v) is 11.6. The molecule has 5 nitrogen and oxygen atoms in total. The van der Waals surface area contributed by atoms with Gasteiger partial charge in [-0.2, -0.15) is 0 Å². The molecule has 1 aromatic rings. The lowest BCUT2D eigenvalue weighted by atomic mass is 10.0. The molecule has 0 saturated carbocycles. The molecule has 1 aromatic carbocycles. The zero-order valence-electron chi connectivity index (χ0n) is 11.6. The molecular formula is C14H21NO4. The third-order valence-electron chi connectivity index (χ3n) is 2.49. The van der Waals surface area contributed by atoms with E-state index in [9.17, 15) is 4.79 Å². The molecule has 1 amide bonds. The first-order valence-electron chi connectivity index (χ1n) is 6.25. The normalized spacial score (nSPS) is 10.5. The monoisotopic (exact) mass is 267 g/mol. The van der Waals surface area contributed by atoms with Gasteiger partial charge in [0, 0.05) is 7.11 Å². The summed E-state index contributed by atoms with van der Waals surface area (Å²) in [5.74, 6) is 0.812. The van der Waals surface area contributed by atoms with Gasteiger partial charge in [-0.05, 0) is 23.6 Å². The standard InChI is InChI=1S/C14H21NO4/c1-11(2)12-4-6-13(7-5-12)18-10-14(16)15-19-9-8-17-3/h4-7,11H,8-10H2,1-3H3,(H,15,16). The molecule has 0 heterocycles. The van der Waals surface area contributed by atoms with Crippen LogP contribution in [0.3, 0.4) is 0 Å². The van der Waals surface area contributed by atoms with Crippen molar-refractivity contribution >= 4 is 5.91 Å². The Morgan fingerprint density at radius 3 is 2.47 bits per heavy atom. The number of amides is 1. The largest absolute Gasteiger partial charge is 0.484 e. The van der Waals surface area contributed by atoms with Crippen molar-refractivity contribution < 1.29 is 19.1 Å². The fourth-order valence-electron chi connectivity index (χ4n) is 1.38. The molecule has 0 aliphatic carbocycles. The van der Waals surface area contributed by atoms with E-state index >= 15 is 0 Å². The second-order valence-electron chi connectivity index (χ2n) is 4.38. The number of nitrogens with one attached hydrogen (secondary N) is 1. The molecule has 0 atom stereocenters. The molecule has 0 radical (unpaired) electrons. The Bertz CT molecular complexity index is 376. The van der Waals surface area contributed by atoms with E-state index in [-0.39, 0.29) is 12.5 Å². The van der Waals surface area contributed by atoms with Crippen molar-refractivity contribution in [2.24, 2.45) is 0 Å². The van der Waals surface area contributed by atoms with Gasteiger partial charge in [-0.25, -0.2) is 5.48 Å². The topological polar surface area (TPSA) is 56.8 Å². The van der Waals surface area contributed by atoms with Crippen molar-refractivity contribution in [2.45, 2.75) is 19.8 Å². The Balaban J connectivity index is 2.26. The van der Waals surface area contributed by atoms with E-state index in [1.807, 2.05) is 24.3 Å². The van der Waals surface area contributed by atoms with Gasteiger partial charge in [0.15, 0.2) is 6.61 Å². The summed E-state index contributed by atoms with van der Waals surface area (Å²) in [6.07, 6.45) is 0. The first kappa shape index (κ1) is 15.5. The van der Waals surface area contributed by atoms with E-state index in [4.69, 9.17) is 14.3 Å². The van der Waals surface area contributed by atoms with Crippen molar-refractivity contribution in [3.05, 3.63) is 29.8 Å². The van der Waals surface area contributed by atoms with Crippen molar-refractivity contribution in [1.82, 2.24) is 5.48 Å². The van der Waals surface area contributed by atoms with Gasteiger partial charge in [-0.1, -0.05) is 26.0 Å². The number of carbonyl (C=O) groups is 1. The van der Waals surface area contributed by atoms with Crippen LogP contribution in [-0.4, -0.2) is 32.8 Å². The first-order chi connectivity index (χ1) is 9.13. The fraction of sp³-hybridized carbons (Fsp3) is 0.500. The second-order valence-corrected chi connectivity index (χ2v) is 4.38. The Morgan fingerprint density at radius 1 is 1.21 bits per heavy atom. The summed E-state index contributed by atoms with van der Waals surface area (Å²) in [6, 6.07) is 7.70. The van der Waals surface area contributed by atoms with Crippen LogP contribution in [0.25, 0.3) is 0 Å². The minimum absolute atomic E-state index is 0.0754. The van der Waals surface area contributed by atoms with E-state index in [1.165, 1.54) is 5.56 Å². The van der Waals surface area contributed by atoms with Gasteiger partial charge in [0.2, 0.25) is 0 Å². The smallest absolute Gasteiger partial charge is 0.281 e. The second kappa shape index (κ2) is 8.50. The molecule has 1 rings (SSSR count). The predicted molar refractivity (Wildman–Crippen MR) is 72.0 cm³/mol. The number of ether oxygens (including phenoxy) is 2. The summed E-state index contributed by atoms with van der Waals surface area (Å²) >= 11 is 0. The molecule has 5 heteroatoms. The van der Waals surface area contributed by atoms with E-state index < -0.39 is 0 Å². The molecule has 0 unspecified atom stereocenters. The van der Waals surface area contributed by atoms with Crippen LogP contribution in [0.5, 0.6) is 5.75 Å². The van der Waals surface area contributed by atoms with E-state index in [1.54, 1.807) is 7.11 Å². The summed E-state index contributed by atoms with van der Waals surface area (Å²) < 4.78 is 10.1. The molecule has 0 bridgehead atoms. The van der Waals surface area contributed by atoms with Crippen LogP contribution in [0.1, 0.15) is 25.3 Å². The van der Waals surface area contributed by atoms with Gasteiger partial charge in [0.1, 0.15) is 5.75 Å². The van der Waals surface area contributed by atoms with Crippen molar-refractivity contribution in [3.63, 3.8) is 0 Å². The first-order valence-corrected chi connectivity index (χ1v) is 6.25. The minimum Gasteiger partial charge on any atom is -0.484 e. The van der Waals surface area contributed by atoms with Crippen LogP contribution < -0.4 is 10.2 Å². The number of hydrogen-bond donors (Lipinski definition) is 1. The van der Waals surface area contributed by atoms with E-state index in [2.05, 4.69) is 19.3 Å². The molecule has 0 aliphatic heterocycles. The van der Waals surface area contributed by atoms with Gasteiger partial charge >= 0.3 is 0 Å². The number of methoxy groups -OCH3 is 1. The van der Waals surface area contributed by atoms with Crippen LogP contribution in [0.4, 0.5) is 0 Å². The van der Waals surface area contributed by atoms with Gasteiger partial charge in [0.25, 0.3) is 5.91 Å². The fourth-order valence-corrected chi connectivity index (χ4v) is 1.38. The SMILES string of the molecule is COCCONC(=O)COc1ccc(C(C)C)cc1. The number of rotatable bonds is 8. The number of carbonyl (C=O) groups excluding carboxylic acids is 1. The van der Waals surface area contributed by atoms with Gasteiger partial charge in [-0.15, -0.1) is 0 Å². The highest BCUT2D eigenvalue weighted by Gasteiger charge is 2.03. The highest BCUT2D eigenvalue weighted by Crippen LogP contribution is 2.18.